The van der Waals surface area contributed by atoms with Crippen LogP contribution in [0.5, 0.6) is 17.2 Å². The summed E-state index contributed by atoms with van der Waals surface area (Å²) >= 11 is 5.39. The maximum atomic E-state index is 13.0. The number of rotatable bonds is 6. The largest absolute Gasteiger partial charge is 0.497 e. The van der Waals surface area contributed by atoms with Crippen LogP contribution < -0.4 is 24.4 Å². The Morgan fingerprint density at radius 1 is 1.11 bits per heavy atom. The van der Waals surface area contributed by atoms with Gasteiger partial charge in [0, 0.05) is 5.56 Å². The number of nitrogens with zero attached hydrogens (tertiary/aromatic N) is 1. The standard InChI is InChI=1S/C20H20N2O4S/c1-4-26-18-8-6-5-7-16(18)22-19(23)15(21-20(22)27)12-13-11-14(24-2)9-10-17(13)25-3/h5-12H,4H2,1-3H3,(H,21,27)/b15-12+. The second-order valence-corrected chi connectivity index (χ2v) is 6.02. The molecule has 6 nitrogen and oxygen atoms in total. The summed E-state index contributed by atoms with van der Waals surface area (Å²) in [6.07, 6.45) is 1.69. The summed E-state index contributed by atoms with van der Waals surface area (Å²) < 4.78 is 16.3. The lowest BCUT2D eigenvalue weighted by molar-refractivity contribution is -0.113. The zero-order valence-electron chi connectivity index (χ0n) is 15.3. The summed E-state index contributed by atoms with van der Waals surface area (Å²) in [5.41, 5.74) is 1.65. The average Bonchev–Trinajstić information content (AvgIpc) is 2.95. The number of hydrogen-bond donors (Lipinski definition) is 1. The summed E-state index contributed by atoms with van der Waals surface area (Å²) in [6.45, 7) is 2.38. The number of methoxy groups -OCH3 is 2. The van der Waals surface area contributed by atoms with Gasteiger partial charge in [0.05, 0.1) is 26.5 Å². The molecule has 0 saturated carbocycles. The molecule has 2 aromatic carbocycles. The van der Waals surface area contributed by atoms with Gasteiger partial charge in [-0.15, -0.1) is 0 Å². The normalized spacial score (nSPS) is 15.1. The second kappa shape index (κ2) is 8.09. The van der Waals surface area contributed by atoms with Gasteiger partial charge in [-0.3, -0.25) is 4.79 Å². The van der Waals surface area contributed by atoms with E-state index in [0.717, 1.165) is 0 Å². The third-order valence-electron chi connectivity index (χ3n) is 4.02. The van der Waals surface area contributed by atoms with Crippen molar-refractivity contribution in [1.82, 2.24) is 5.32 Å². The number of carbonyl (C=O) groups is 1. The Bertz CT molecular complexity index is 911. The van der Waals surface area contributed by atoms with Crippen LogP contribution in [0.25, 0.3) is 6.08 Å². The first kappa shape index (κ1) is 18.7. The van der Waals surface area contributed by atoms with Crippen LogP contribution in [0.1, 0.15) is 12.5 Å². The highest BCUT2D eigenvalue weighted by Gasteiger charge is 2.33. The molecule has 0 aliphatic carbocycles. The molecule has 1 amide bonds. The maximum Gasteiger partial charge on any atom is 0.281 e. The fourth-order valence-corrected chi connectivity index (χ4v) is 3.07. The number of amides is 1. The Labute approximate surface area is 163 Å². The fourth-order valence-electron chi connectivity index (χ4n) is 2.78. The first-order chi connectivity index (χ1) is 13.1. The summed E-state index contributed by atoms with van der Waals surface area (Å²) in [5.74, 6) is 1.61. The average molecular weight is 384 g/mol. The van der Waals surface area contributed by atoms with Crippen molar-refractivity contribution >= 4 is 35.0 Å². The van der Waals surface area contributed by atoms with E-state index in [1.54, 1.807) is 44.6 Å². The number of thiocarbonyl (C=S) groups is 1. The molecule has 140 valence electrons. The van der Waals surface area contributed by atoms with Crippen LogP contribution in [0.15, 0.2) is 48.2 Å². The first-order valence-electron chi connectivity index (χ1n) is 8.40. The summed E-state index contributed by atoms with van der Waals surface area (Å²) in [6, 6.07) is 12.7. The summed E-state index contributed by atoms with van der Waals surface area (Å²) in [7, 11) is 3.15. The van der Waals surface area contributed by atoms with Crippen molar-refractivity contribution in [2.45, 2.75) is 6.92 Å². The molecule has 1 aliphatic rings. The molecule has 3 rings (SSSR count). The molecule has 2 aromatic rings. The van der Waals surface area contributed by atoms with E-state index in [-0.39, 0.29) is 5.91 Å². The van der Waals surface area contributed by atoms with Crippen LogP contribution in [-0.2, 0) is 4.79 Å². The van der Waals surface area contributed by atoms with E-state index in [4.69, 9.17) is 26.4 Å². The Morgan fingerprint density at radius 2 is 1.89 bits per heavy atom. The molecule has 1 saturated heterocycles. The van der Waals surface area contributed by atoms with Crippen LogP contribution in [0, 0.1) is 0 Å². The number of carbonyl (C=O) groups excluding carboxylic acids is 1. The third kappa shape index (κ3) is 3.73. The molecule has 0 spiro atoms. The van der Waals surface area contributed by atoms with Gasteiger partial charge in [-0.1, -0.05) is 12.1 Å². The number of hydrogen-bond acceptors (Lipinski definition) is 5. The van der Waals surface area contributed by atoms with E-state index in [2.05, 4.69) is 5.32 Å². The molecule has 1 heterocycles. The maximum absolute atomic E-state index is 13.0. The lowest BCUT2D eigenvalue weighted by Gasteiger charge is -2.18. The molecule has 1 N–H and O–H groups in total. The van der Waals surface area contributed by atoms with Gasteiger partial charge in [-0.05, 0) is 55.5 Å². The number of nitrogens with one attached hydrogen (secondary N) is 1. The van der Waals surface area contributed by atoms with E-state index < -0.39 is 0 Å². The molecule has 1 fully saturated rings. The van der Waals surface area contributed by atoms with Crippen molar-refractivity contribution in [3.8, 4) is 17.2 Å². The van der Waals surface area contributed by atoms with Crippen molar-refractivity contribution in [3.05, 3.63) is 53.7 Å². The molecule has 7 heteroatoms. The van der Waals surface area contributed by atoms with Crippen LogP contribution >= 0.6 is 12.2 Å². The number of ether oxygens (including phenoxy) is 3. The van der Waals surface area contributed by atoms with Gasteiger partial charge in [-0.2, -0.15) is 0 Å². The number of anilines is 1. The zero-order chi connectivity index (χ0) is 19.4. The van der Waals surface area contributed by atoms with Crippen molar-refractivity contribution in [2.75, 3.05) is 25.7 Å². The Morgan fingerprint density at radius 3 is 2.59 bits per heavy atom. The van der Waals surface area contributed by atoms with E-state index in [9.17, 15) is 4.79 Å². The SMILES string of the molecule is CCOc1ccccc1N1C(=O)/C(=C\c2cc(OC)ccc2OC)NC1=S. The zero-order valence-corrected chi connectivity index (χ0v) is 16.1. The quantitative estimate of drug-likeness (QED) is 0.609. The monoisotopic (exact) mass is 384 g/mol. The minimum absolute atomic E-state index is 0.267. The predicted octanol–water partition coefficient (Wildman–Crippen LogP) is 3.36. The lowest BCUT2D eigenvalue weighted by atomic mass is 10.1. The van der Waals surface area contributed by atoms with Gasteiger partial charge < -0.3 is 19.5 Å². The topological polar surface area (TPSA) is 60.0 Å². The van der Waals surface area contributed by atoms with Crippen LogP contribution in [0.2, 0.25) is 0 Å². The van der Waals surface area contributed by atoms with Gasteiger partial charge in [0.2, 0.25) is 0 Å². The van der Waals surface area contributed by atoms with Crippen molar-refractivity contribution in [2.24, 2.45) is 0 Å². The van der Waals surface area contributed by atoms with E-state index in [0.29, 0.717) is 45.9 Å². The van der Waals surface area contributed by atoms with Gasteiger partial charge in [0.15, 0.2) is 5.11 Å². The summed E-state index contributed by atoms with van der Waals surface area (Å²) in [5, 5.41) is 3.27. The highest BCUT2D eigenvalue weighted by atomic mass is 32.1. The van der Waals surface area contributed by atoms with Crippen molar-refractivity contribution in [3.63, 3.8) is 0 Å². The second-order valence-electron chi connectivity index (χ2n) is 5.64. The van der Waals surface area contributed by atoms with Gasteiger partial charge in [0.25, 0.3) is 5.91 Å². The summed E-state index contributed by atoms with van der Waals surface area (Å²) in [4.78, 5) is 14.4. The number of benzene rings is 2. The van der Waals surface area contributed by atoms with Gasteiger partial charge in [0.1, 0.15) is 22.9 Å². The Hall–Kier alpha value is -3.06. The van der Waals surface area contributed by atoms with Gasteiger partial charge >= 0.3 is 0 Å². The first-order valence-corrected chi connectivity index (χ1v) is 8.80. The van der Waals surface area contributed by atoms with Crippen molar-refractivity contribution < 1.29 is 19.0 Å². The Kier molecular flexibility index (Phi) is 5.61. The number of para-hydroxylation sites is 2. The van der Waals surface area contributed by atoms with E-state index in [1.165, 1.54) is 4.90 Å². The minimum Gasteiger partial charge on any atom is -0.497 e. The van der Waals surface area contributed by atoms with E-state index >= 15 is 0 Å². The predicted molar refractivity (Wildman–Crippen MR) is 108 cm³/mol. The molecule has 0 aromatic heterocycles. The van der Waals surface area contributed by atoms with Crippen LogP contribution in [0.3, 0.4) is 0 Å². The molecular formula is C20H20N2O4S. The molecule has 1 aliphatic heterocycles. The van der Waals surface area contributed by atoms with Crippen LogP contribution in [-0.4, -0.2) is 31.8 Å². The fraction of sp³-hybridized carbons (Fsp3) is 0.200. The van der Waals surface area contributed by atoms with Crippen LogP contribution in [0.4, 0.5) is 5.69 Å². The molecule has 0 unspecified atom stereocenters. The molecular weight excluding hydrogens is 364 g/mol. The van der Waals surface area contributed by atoms with Gasteiger partial charge in [-0.25, -0.2) is 4.90 Å². The molecule has 27 heavy (non-hydrogen) atoms. The highest BCUT2D eigenvalue weighted by Crippen LogP contribution is 2.33. The molecule has 0 radical (unpaired) electrons. The minimum atomic E-state index is -0.267. The van der Waals surface area contributed by atoms with E-state index in [1.807, 2.05) is 25.1 Å². The third-order valence-corrected chi connectivity index (χ3v) is 4.31. The smallest absolute Gasteiger partial charge is 0.281 e. The van der Waals surface area contributed by atoms with Crippen molar-refractivity contribution in [1.29, 1.82) is 0 Å². The Balaban J connectivity index is 1.99. The lowest BCUT2D eigenvalue weighted by Crippen LogP contribution is -2.30. The molecule has 0 atom stereocenters. The highest BCUT2D eigenvalue weighted by molar-refractivity contribution is 7.80. The molecule has 0 bridgehead atoms.